The van der Waals surface area contributed by atoms with Crippen molar-refractivity contribution >= 4 is 5.91 Å². The number of carbonyl (C=O) groups is 1. The molecule has 3 nitrogen and oxygen atoms in total. The van der Waals surface area contributed by atoms with E-state index in [2.05, 4.69) is 17.2 Å². The third-order valence-corrected chi connectivity index (χ3v) is 3.65. The first-order chi connectivity index (χ1) is 9.79. The second-order valence-corrected chi connectivity index (χ2v) is 5.20. The lowest BCUT2D eigenvalue weighted by Crippen LogP contribution is -2.34. The molecule has 20 heavy (non-hydrogen) atoms. The van der Waals surface area contributed by atoms with Crippen LogP contribution in [0.15, 0.2) is 24.3 Å². The Morgan fingerprint density at radius 2 is 1.80 bits per heavy atom. The Labute approximate surface area is 120 Å². The van der Waals surface area contributed by atoms with Gasteiger partial charge in [0.1, 0.15) is 6.61 Å². The van der Waals surface area contributed by atoms with Crippen LogP contribution in [0.3, 0.4) is 0 Å². The minimum absolute atomic E-state index is 0.00133. The van der Waals surface area contributed by atoms with E-state index in [0.717, 1.165) is 18.4 Å². The van der Waals surface area contributed by atoms with Crippen molar-refractivity contribution in [3.8, 4) is 11.8 Å². The molecule has 1 fully saturated rings. The summed E-state index contributed by atoms with van der Waals surface area (Å²) in [4.78, 5) is 12.2. The van der Waals surface area contributed by atoms with Crippen molar-refractivity contribution < 1.29 is 9.90 Å². The van der Waals surface area contributed by atoms with E-state index in [1.54, 1.807) is 12.1 Å². The molecule has 0 heterocycles. The Bertz CT molecular complexity index is 488. The molecular formula is C17H21NO2. The van der Waals surface area contributed by atoms with Crippen LogP contribution < -0.4 is 5.32 Å². The van der Waals surface area contributed by atoms with Crippen LogP contribution in [-0.2, 0) is 0 Å². The number of rotatable bonds is 2. The third-order valence-electron chi connectivity index (χ3n) is 3.65. The molecular weight excluding hydrogens is 250 g/mol. The van der Waals surface area contributed by atoms with Crippen molar-refractivity contribution in [3.05, 3.63) is 35.4 Å². The number of hydrogen-bond donors (Lipinski definition) is 2. The van der Waals surface area contributed by atoms with Gasteiger partial charge in [-0.15, -0.1) is 0 Å². The van der Waals surface area contributed by atoms with Crippen molar-refractivity contribution in [2.45, 2.75) is 44.6 Å². The fourth-order valence-electron chi connectivity index (χ4n) is 2.54. The van der Waals surface area contributed by atoms with Gasteiger partial charge in [0.05, 0.1) is 0 Å². The average molecular weight is 271 g/mol. The fraction of sp³-hybridized carbons (Fsp3) is 0.471. The average Bonchev–Trinajstić information content (AvgIpc) is 2.74. The Hall–Kier alpha value is -1.79. The Morgan fingerprint density at radius 1 is 1.15 bits per heavy atom. The number of amides is 1. The summed E-state index contributed by atoms with van der Waals surface area (Å²) in [6, 6.07) is 7.51. The lowest BCUT2D eigenvalue weighted by atomic mass is 10.1. The second-order valence-electron chi connectivity index (χ2n) is 5.20. The summed E-state index contributed by atoms with van der Waals surface area (Å²) < 4.78 is 0. The van der Waals surface area contributed by atoms with Gasteiger partial charge in [-0.2, -0.15) is 0 Å². The highest BCUT2D eigenvalue weighted by atomic mass is 16.2. The van der Waals surface area contributed by atoms with Gasteiger partial charge in [0.2, 0.25) is 0 Å². The van der Waals surface area contributed by atoms with Crippen LogP contribution in [0.4, 0.5) is 0 Å². The molecule has 0 unspecified atom stereocenters. The molecule has 1 aromatic rings. The standard InChI is InChI=1S/C17H21NO2/c19-13-5-6-14-9-11-15(12-10-14)17(20)18-16-7-3-1-2-4-8-16/h9-12,16,19H,1-4,7-8,13H2,(H,18,20). The smallest absolute Gasteiger partial charge is 0.251 e. The molecule has 0 radical (unpaired) electrons. The summed E-state index contributed by atoms with van der Waals surface area (Å²) in [6.07, 6.45) is 7.16. The van der Waals surface area contributed by atoms with E-state index in [9.17, 15) is 4.79 Å². The van der Waals surface area contributed by atoms with Crippen LogP contribution in [-0.4, -0.2) is 23.7 Å². The van der Waals surface area contributed by atoms with Gasteiger partial charge in [-0.1, -0.05) is 37.5 Å². The molecule has 2 N–H and O–H groups in total. The first-order valence-corrected chi connectivity index (χ1v) is 7.30. The highest BCUT2D eigenvalue weighted by molar-refractivity contribution is 5.94. The van der Waals surface area contributed by atoms with E-state index >= 15 is 0 Å². The van der Waals surface area contributed by atoms with Crippen LogP contribution in [0.25, 0.3) is 0 Å². The van der Waals surface area contributed by atoms with Crippen molar-refractivity contribution in [2.75, 3.05) is 6.61 Å². The SMILES string of the molecule is O=C(NC1CCCCCC1)c1ccc(C#CCO)cc1. The first-order valence-electron chi connectivity index (χ1n) is 7.30. The van der Waals surface area contributed by atoms with Gasteiger partial charge in [0.15, 0.2) is 0 Å². The molecule has 1 aliphatic carbocycles. The molecule has 0 aromatic heterocycles. The fourth-order valence-corrected chi connectivity index (χ4v) is 2.54. The zero-order chi connectivity index (χ0) is 14.2. The van der Waals surface area contributed by atoms with Gasteiger partial charge in [-0.25, -0.2) is 0 Å². The number of benzene rings is 1. The van der Waals surface area contributed by atoms with Gasteiger partial charge in [-0.3, -0.25) is 4.79 Å². The van der Waals surface area contributed by atoms with Crippen LogP contribution >= 0.6 is 0 Å². The van der Waals surface area contributed by atoms with E-state index in [4.69, 9.17) is 5.11 Å². The molecule has 3 heteroatoms. The largest absolute Gasteiger partial charge is 0.384 e. The van der Waals surface area contributed by atoms with Gasteiger partial charge in [-0.05, 0) is 37.1 Å². The summed E-state index contributed by atoms with van der Waals surface area (Å²) in [6.45, 7) is -0.149. The monoisotopic (exact) mass is 271 g/mol. The molecule has 0 atom stereocenters. The molecule has 106 valence electrons. The summed E-state index contributed by atoms with van der Waals surface area (Å²) in [5.74, 6) is 5.41. The van der Waals surface area contributed by atoms with Crippen molar-refractivity contribution in [1.82, 2.24) is 5.32 Å². The number of aliphatic hydroxyl groups is 1. The van der Waals surface area contributed by atoms with Gasteiger partial charge >= 0.3 is 0 Å². The minimum Gasteiger partial charge on any atom is -0.384 e. The van der Waals surface area contributed by atoms with Crippen LogP contribution in [0, 0.1) is 11.8 Å². The summed E-state index contributed by atoms with van der Waals surface area (Å²) >= 11 is 0. The van der Waals surface area contributed by atoms with E-state index in [1.807, 2.05) is 12.1 Å². The maximum absolute atomic E-state index is 12.2. The molecule has 1 amide bonds. The summed E-state index contributed by atoms with van der Waals surface area (Å²) in [5.41, 5.74) is 1.48. The van der Waals surface area contributed by atoms with Gasteiger partial charge in [0.25, 0.3) is 5.91 Å². The first kappa shape index (κ1) is 14.6. The third kappa shape index (κ3) is 4.40. The predicted octanol–water partition coefficient (Wildman–Crippen LogP) is 2.48. The molecule has 0 spiro atoms. The maximum atomic E-state index is 12.2. The van der Waals surface area contributed by atoms with Crippen molar-refractivity contribution in [3.63, 3.8) is 0 Å². The number of hydrogen-bond acceptors (Lipinski definition) is 2. The maximum Gasteiger partial charge on any atom is 0.251 e. The lowest BCUT2D eigenvalue weighted by molar-refractivity contribution is 0.0933. The number of nitrogens with one attached hydrogen (secondary N) is 1. The van der Waals surface area contributed by atoms with E-state index in [1.165, 1.54) is 25.7 Å². The number of carbonyl (C=O) groups excluding carboxylic acids is 1. The van der Waals surface area contributed by atoms with E-state index < -0.39 is 0 Å². The Morgan fingerprint density at radius 3 is 2.40 bits per heavy atom. The molecule has 0 aliphatic heterocycles. The molecule has 1 saturated carbocycles. The van der Waals surface area contributed by atoms with Crippen LogP contribution in [0.2, 0.25) is 0 Å². The van der Waals surface area contributed by atoms with Crippen molar-refractivity contribution in [2.24, 2.45) is 0 Å². The highest BCUT2D eigenvalue weighted by Crippen LogP contribution is 2.17. The second kappa shape index (κ2) is 7.72. The Balaban J connectivity index is 1.94. The molecule has 2 rings (SSSR count). The number of aliphatic hydroxyl groups excluding tert-OH is 1. The van der Waals surface area contributed by atoms with E-state index in [0.29, 0.717) is 11.6 Å². The molecule has 1 aliphatic rings. The van der Waals surface area contributed by atoms with Crippen molar-refractivity contribution in [1.29, 1.82) is 0 Å². The highest BCUT2D eigenvalue weighted by Gasteiger charge is 2.15. The molecule has 0 saturated heterocycles. The minimum atomic E-state index is -0.149. The zero-order valence-electron chi connectivity index (χ0n) is 11.7. The van der Waals surface area contributed by atoms with Crippen LogP contribution in [0.5, 0.6) is 0 Å². The lowest BCUT2D eigenvalue weighted by Gasteiger charge is -2.16. The van der Waals surface area contributed by atoms with Crippen LogP contribution in [0.1, 0.15) is 54.4 Å². The topological polar surface area (TPSA) is 49.3 Å². The summed E-state index contributed by atoms with van der Waals surface area (Å²) in [7, 11) is 0. The molecule has 1 aromatic carbocycles. The van der Waals surface area contributed by atoms with Gasteiger partial charge in [0, 0.05) is 17.2 Å². The predicted molar refractivity (Wildman–Crippen MR) is 79.4 cm³/mol. The van der Waals surface area contributed by atoms with Gasteiger partial charge < -0.3 is 10.4 Å². The normalized spacial score (nSPS) is 15.8. The summed E-state index contributed by atoms with van der Waals surface area (Å²) in [5, 5.41) is 11.8. The zero-order valence-corrected chi connectivity index (χ0v) is 11.7. The quantitative estimate of drug-likeness (QED) is 0.641. The Kier molecular flexibility index (Phi) is 5.64. The molecule has 0 bridgehead atoms. The van der Waals surface area contributed by atoms with E-state index in [-0.39, 0.29) is 12.5 Å².